The number of carbonyl (C=O) groups excluding carboxylic acids is 1. The topological polar surface area (TPSA) is 71.3 Å². The SMILES string of the molecule is CC1C(NC(=O)c2ccc(Sc3nnc(C(F)(F)F)o3)cc2)C2CCN1CC2. The number of piperidine rings is 3. The van der Waals surface area contributed by atoms with E-state index < -0.39 is 12.1 Å². The molecule has 2 aromatic rings. The second kappa shape index (κ2) is 7.40. The van der Waals surface area contributed by atoms with Gasteiger partial charge >= 0.3 is 12.1 Å². The van der Waals surface area contributed by atoms with Crippen molar-refractivity contribution in [3.63, 3.8) is 0 Å². The molecule has 1 aromatic carbocycles. The van der Waals surface area contributed by atoms with Gasteiger partial charge in [-0.2, -0.15) is 13.2 Å². The van der Waals surface area contributed by atoms with Crippen LogP contribution in [0.3, 0.4) is 0 Å². The van der Waals surface area contributed by atoms with Crippen LogP contribution in [0.25, 0.3) is 0 Å². The van der Waals surface area contributed by atoms with Gasteiger partial charge in [-0.25, -0.2) is 0 Å². The summed E-state index contributed by atoms with van der Waals surface area (Å²) < 4.78 is 42.1. The molecule has 0 radical (unpaired) electrons. The number of hydrogen-bond donors (Lipinski definition) is 1. The maximum atomic E-state index is 12.6. The zero-order chi connectivity index (χ0) is 19.9. The van der Waals surface area contributed by atoms with E-state index in [1.807, 2.05) is 0 Å². The van der Waals surface area contributed by atoms with Gasteiger partial charge in [0.15, 0.2) is 0 Å². The molecule has 2 bridgehead atoms. The molecule has 4 heterocycles. The van der Waals surface area contributed by atoms with Gasteiger partial charge in [-0.05, 0) is 74.8 Å². The molecule has 3 aliphatic heterocycles. The van der Waals surface area contributed by atoms with E-state index in [1.54, 1.807) is 24.3 Å². The second-order valence-electron chi connectivity index (χ2n) is 7.11. The van der Waals surface area contributed by atoms with E-state index in [2.05, 4.69) is 31.8 Å². The van der Waals surface area contributed by atoms with E-state index in [4.69, 9.17) is 0 Å². The van der Waals surface area contributed by atoms with Crippen LogP contribution in [0.15, 0.2) is 38.8 Å². The molecule has 5 rings (SSSR count). The summed E-state index contributed by atoms with van der Waals surface area (Å²) in [6, 6.07) is 7.05. The first-order valence-electron chi connectivity index (χ1n) is 9.05. The van der Waals surface area contributed by atoms with Gasteiger partial charge in [0, 0.05) is 22.5 Å². The molecule has 0 aliphatic carbocycles. The molecule has 150 valence electrons. The number of nitrogens with zero attached hydrogens (tertiary/aromatic N) is 3. The number of aromatic nitrogens is 2. The Morgan fingerprint density at radius 1 is 1.21 bits per heavy atom. The van der Waals surface area contributed by atoms with Crippen LogP contribution in [-0.4, -0.2) is 46.2 Å². The largest absolute Gasteiger partial charge is 0.470 e. The number of fused-ring (bicyclic) bond motifs is 3. The van der Waals surface area contributed by atoms with Crippen LogP contribution in [-0.2, 0) is 6.18 Å². The molecule has 2 atom stereocenters. The lowest BCUT2D eigenvalue weighted by Crippen LogP contribution is -2.62. The molecular formula is C18H19F3N4O2S. The van der Waals surface area contributed by atoms with Crippen LogP contribution in [0.5, 0.6) is 0 Å². The van der Waals surface area contributed by atoms with Crippen LogP contribution in [0, 0.1) is 5.92 Å². The van der Waals surface area contributed by atoms with Crippen molar-refractivity contribution in [2.45, 2.75) is 48.1 Å². The standard InChI is InChI=1S/C18H19F3N4O2S/c1-10-14(11-6-8-25(10)9-7-11)22-15(26)12-2-4-13(5-3-12)28-17-24-23-16(27-17)18(19,20)21/h2-5,10-11,14H,6-9H2,1H3,(H,22,26). The minimum absolute atomic E-state index is 0.140. The van der Waals surface area contributed by atoms with Gasteiger partial charge in [-0.1, -0.05) is 0 Å². The van der Waals surface area contributed by atoms with Crippen molar-refractivity contribution in [2.24, 2.45) is 5.92 Å². The minimum atomic E-state index is -4.67. The fourth-order valence-electron chi connectivity index (χ4n) is 3.92. The third-order valence-electron chi connectivity index (χ3n) is 5.45. The highest BCUT2D eigenvalue weighted by Crippen LogP contribution is 2.34. The Balaban J connectivity index is 1.39. The van der Waals surface area contributed by atoms with Crippen LogP contribution in [0.1, 0.15) is 36.0 Å². The zero-order valence-electron chi connectivity index (χ0n) is 15.1. The van der Waals surface area contributed by atoms with Crippen molar-refractivity contribution >= 4 is 17.7 Å². The van der Waals surface area contributed by atoms with E-state index >= 15 is 0 Å². The lowest BCUT2D eigenvalue weighted by Gasteiger charge is -2.49. The molecule has 0 saturated carbocycles. The number of carbonyl (C=O) groups is 1. The van der Waals surface area contributed by atoms with Crippen molar-refractivity contribution in [2.75, 3.05) is 13.1 Å². The molecule has 3 aliphatic rings. The number of benzene rings is 1. The number of rotatable bonds is 4. The van der Waals surface area contributed by atoms with Crippen LogP contribution < -0.4 is 5.32 Å². The number of hydrogen-bond acceptors (Lipinski definition) is 6. The molecule has 10 heteroatoms. The third kappa shape index (κ3) is 3.88. The zero-order valence-corrected chi connectivity index (χ0v) is 15.9. The fraction of sp³-hybridized carbons (Fsp3) is 0.500. The summed E-state index contributed by atoms with van der Waals surface area (Å²) in [6.45, 7) is 4.33. The summed E-state index contributed by atoms with van der Waals surface area (Å²) in [4.78, 5) is 15.6. The maximum absolute atomic E-state index is 12.6. The second-order valence-corrected chi connectivity index (χ2v) is 8.14. The van der Waals surface area contributed by atoms with Gasteiger partial charge < -0.3 is 9.73 Å². The molecule has 1 N–H and O–H groups in total. The summed E-state index contributed by atoms with van der Waals surface area (Å²) in [5.74, 6) is -1.00. The van der Waals surface area contributed by atoms with E-state index in [0.29, 0.717) is 22.4 Å². The number of halogens is 3. The highest BCUT2D eigenvalue weighted by Gasteiger charge is 2.40. The van der Waals surface area contributed by atoms with Crippen molar-refractivity contribution in [1.82, 2.24) is 20.4 Å². The summed E-state index contributed by atoms with van der Waals surface area (Å²) in [7, 11) is 0. The van der Waals surface area contributed by atoms with Crippen molar-refractivity contribution in [1.29, 1.82) is 0 Å². The monoisotopic (exact) mass is 412 g/mol. The van der Waals surface area contributed by atoms with Crippen molar-refractivity contribution in [3.05, 3.63) is 35.7 Å². The third-order valence-corrected chi connectivity index (χ3v) is 6.29. The smallest absolute Gasteiger partial charge is 0.407 e. The van der Waals surface area contributed by atoms with Crippen molar-refractivity contribution < 1.29 is 22.4 Å². The maximum Gasteiger partial charge on any atom is 0.470 e. The number of alkyl halides is 3. The minimum Gasteiger partial charge on any atom is -0.407 e. The number of amides is 1. The summed E-state index contributed by atoms with van der Waals surface area (Å²) in [5, 5.41) is 9.32. The average Bonchev–Trinajstić information content (AvgIpc) is 3.14. The Labute approximate surface area is 163 Å². The Morgan fingerprint density at radius 3 is 2.46 bits per heavy atom. The van der Waals surface area contributed by atoms with Gasteiger partial charge in [0.25, 0.3) is 11.1 Å². The first kappa shape index (κ1) is 19.3. The number of nitrogens with one attached hydrogen (secondary N) is 1. The van der Waals surface area contributed by atoms with Gasteiger partial charge in [-0.3, -0.25) is 9.69 Å². The van der Waals surface area contributed by atoms with Gasteiger partial charge in [-0.15, -0.1) is 10.2 Å². The molecule has 3 fully saturated rings. The molecule has 28 heavy (non-hydrogen) atoms. The van der Waals surface area contributed by atoms with E-state index in [0.717, 1.165) is 37.7 Å². The lowest BCUT2D eigenvalue weighted by atomic mass is 9.79. The highest BCUT2D eigenvalue weighted by atomic mass is 32.2. The summed E-state index contributed by atoms with van der Waals surface area (Å²) in [6.07, 6.45) is -2.45. The molecular weight excluding hydrogens is 393 g/mol. The Hall–Kier alpha value is -2.07. The first-order chi connectivity index (χ1) is 13.3. The molecule has 3 saturated heterocycles. The Morgan fingerprint density at radius 2 is 1.89 bits per heavy atom. The van der Waals surface area contributed by atoms with Gasteiger partial charge in [0.1, 0.15) is 0 Å². The molecule has 0 spiro atoms. The molecule has 2 unspecified atom stereocenters. The summed E-state index contributed by atoms with van der Waals surface area (Å²) >= 11 is 0.912. The Bertz CT molecular complexity index is 845. The van der Waals surface area contributed by atoms with Gasteiger partial charge in [0.05, 0.1) is 0 Å². The van der Waals surface area contributed by atoms with E-state index in [9.17, 15) is 18.0 Å². The Kier molecular flexibility index (Phi) is 5.09. The first-order valence-corrected chi connectivity index (χ1v) is 9.86. The fourth-order valence-corrected chi connectivity index (χ4v) is 4.60. The summed E-state index contributed by atoms with van der Waals surface area (Å²) in [5.41, 5.74) is 0.509. The highest BCUT2D eigenvalue weighted by molar-refractivity contribution is 7.99. The average molecular weight is 412 g/mol. The van der Waals surface area contributed by atoms with Crippen molar-refractivity contribution in [3.8, 4) is 0 Å². The van der Waals surface area contributed by atoms with Gasteiger partial charge in [0.2, 0.25) is 0 Å². The van der Waals surface area contributed by atoms with E-state index in [1.165, 1.54) is 0 Å². The normalized spacial score (nSPS) is 27.0. The van der Waals surface area contributed by atoms with Crippen LogP contribution in [0.4, 0.5) is 13.2 Å². The molecule has 6 nitrogen and oxygen atoms in total. The van der Waals surface area contributed by atoms with E-state index in [-0.39, 0.29) is 17.2 Å². The van der Waals surface area contributed by atoms with Crippen LogP contribution >= 0.6 is 11.8 Å². The lowest BCUT2D eigenvalue weighted by molar-refractivity contribution is -0.158. The molecule has 1 amide bonds. The molecule has 1 aromatic heterocycles. The predicted octanol–water partition coefficient (Wildman–Crippen LogP) is 3.45. The predicted molar refractivity (Wildman–Crippen MR) is 94.9 cm³/mol. The van der Waals surface area contributed by atoms with Crippen LogP contribution in [0.2, 0.25) is 0 Å². The quantitative estimate of drug-likeness (QED) is 0.830.